The lowest BCUT2D eigenvalue weighted by Crippen LogP contribution is -2.39. The molecule has 216 valence electrons. The van der Waals surface area contributed by atoms with Gasteiger partial charge in [-0.15, -0.1) is 0 Å². The van der Waals surface area contributed by atoms with Crippen molar-refractivity contribution in [1.82, 2.24) is 4.57 Å². The van der Waals surface area contributed by atoms with Gasteiger partial charge in [-0.05, 0) is 77.8 Å². The fraction of sp³-hybridized carbons (Fsp3) is 0.200. The van der Waals surface area contributed by atoms with E-state index in [0.29, 0.717) is 52.9 Å². The molecule has 0 saturated heterocycles. The Morgan fingerprint density at radius 3 is 2.62 bits per heavy atom. The number of ether oxygens (including phenoxy) is 3. The number of allylic oxidation sites excluding steroid dienone is 1. The smallest absolute Gasteiger partial charge is 0.338 e. The third-order valence-electron chi connectivity index (χ3n) is 6.56. The zero-order valence-electron chi connectivity index (χ0n) is 22.9. The third kappa shape index (κ3) is 5.47. The molecule has 0 fully saturated rings. The van der Waals surface area contributed by atoms with Crippen LogP contribution in [-0.2, 0) is 14.3 Å². The molecule has 2 aromatic carbocycles. The van der Waals surface area contributed by atoms with Gasteiger partial charge in [0.05, 0.1) is 52.7 Å². The predicted molar refractivity (Wildman–Crippen MR) is 162 cm³/mol. The Kier molecular flexibility index (Phi) is 8.53. The summed E-state index contributed by atoms with van der Waals surface area (Å²) in [4.78, 5) is 44.3. The number of halogens is 2. The third-order valence-corrected chi connectivity index (χ3v) is 8.40. The number of nitrogens with zero attached hydrogens (tertiary/aromatic N) is 2. The van der Waals surface area contributed by atoms with E-state index in [0.717, 1.165) is 0 Å². The van der Waals surface area contributed by atoms with Crippen LogP contribution in [-0.4, -0.2) is 37.3 Å². The number of thiazole rings is 1. The quantitative estimate of drug-likeness (QED) is 0.246. The number of carbonyl (C=O) groups excluding carboxylic acids is 2. The van der Waals surface area contributed by atoms with E-state index in [2.05, 4.69) is 20.9 Å². The molecule has 2 aromatic heterocycles. The average molecular weight is 672 g/mol. The first-order valence-corrected chi connectivity index (χ1v) is 14.7. The van der Waals surface area contributed by atoms with Crippen molar-refractivity contribution in [2.45, 2.75) is 19.9 Å². The zero-order chi connectivity index (χ0) is 30.1. The van der Waals surface area contributed by atoms with Crippen LogP contribution in [0.5, 0.6) is 5.75 Å². The van der Waals surface area contributed by atoms with E-state index in [9.17, 15) is 14.4 Å². The highest BCUT2D eigenvalue weighted by Crippen LogP contribution is 2.35. The normalized spacial score (nSPS) is 14.8. The van der Waals surface area contributed by atoms with Gasteiger partial charge >= 0.3 is 11.9 Å². The van der Waals surface area contributed by atoms with Gasteiger partial charge in [-0.1, -0.05) is 29.0 Å². The molecule has 9 nitrogen and oxygen atoms in total. The Labute approximate surface area is 257 Å². The SMILES string of the molecule is CCOC(=O)C1=C(C)N=c2s/c(=C/c3ccc(-c4cc(Cl)ccc4C(=O)OC)o3)c(=O)n2[C@H]1c1ccc(OC)c(Br)c1. The van der Waals surface area contributed by atoms with Crippen molar-refractivity contribution >= 4 is 56.9 Å². The van der Waals surface area contributed by atoms with Crippen molar-refractivity contribution in [3.05, 3.63) is 106 Å². The highest BCUT2D eigenvalue weighted by molar-refractivity contribution is 9.10. The zero-order valence-corrected chi connectivity index (χ0v) is 26.1. The van der Waals surface area contributed by atoms with E-state index < -0.39 is 18.0 Å². The number of methoxy groups -OCH3 is 2. The lowest BCUT2D eigenvalue weighted by atomic mass is 9.96. The number of furan rings is 1. The first kappa shape index (κ1) is 29.6. The van der Waals surface area contributed by atoms with Crippen LogP contribution in [0.1, 0.15) is 41.6 Å². The molecule has 0 amide bonds. The summed E-state index contributed by atoms with van der Waals surface area (Å²) in [5, 5.41) is 0.418. The number of hydrogen-bond donors (Lipinski definition) is 0. The molecule has 0 unspecified atom stereocenters. The number of esters is 2. The molecule has 1 atom stereocenters. The van der Waals surface area contributed by atoms with Gasteiger partial charge in [-0.2, -0.15) is 0 Å². The second-order valence-electron chi connectivity index (χ2n) is 9.08. The topological polar surface area (TPSA) is 109 Å². The Morgan fingerprint density at radius 1 is 1.14 bits per heavy atom. The van der Waals surface area contributed by atoms with E-state index in [1.54, 1.807) is 75.6 Å². The molecule has 3 heterocycles. The van der Waals surface area contributed by atoms with Gasteiger partial charge in [-0.25, -0.2) is 14.6 Å². The highest BCUT2D eigenvalue weighted by Gasteiger charge is 2.33. The number of fused-ring (bicyclic) bond motifs is 1. The molecular formula is C30H24BrClN2O7S. The number of rotatable bonds is 7. The summed E-state index contributed by atoms with van der Waals surface area (Å²) in [6, 6.07) is 12.7. The summed E-state index contributed by atoms with van der Waals surface area (Å²) in [7, 11) is 2.85. The van der Waals surface area contributed by atoms with Crippen molar-refractivity contribution in [2.75, 3.05) is 20.8 Å². The molecule has 42 heavy (non-hydrogen) atoms. The minimum atomic E-state index is -0.786. The molecule has 1 aliphatic rings. The van der Waals surface area contributed by atoms with E-state index in [1.165, 1.54) is 23.0 Å². The second-order valence-corrected chi connectivity index (χ2v) is 11.4. The van der Waals surface area contributed by atoms with Crippen LogP contribution in [0.3, 0.4) is 0 Å². The Hall–Kier alpha value is -3.93. The Balaban J connectivity index is 1.64. The van der Waals surface area contributed by atoms with Crippen LogP contribution in [0.4, 0.5) is 0 Å². The van der Waals surface area contributed by atoms with Crippen molar-refractivity contribution in [3.8, 4) is 17.1 Å². The monoisotopic (exact) mass is 670 g/mol. The maximum absolute atomic E-state index is 13.9. The van der Waals surface area contributed by atoms with Gasteiger partial charge in [0, 0.05) is 16.7 Å². The van der Waals surface area contributed by atoms with Crippen molar-refractivity contribution in [3.63, 3.8) is 0 Å². The van der Waals surface area contributed by atoms with Crippen LogP contribution in [0.25, 0.3) is 17.4 Å². The van der Waals surface area contributed by atoms with Gasteiger partial charge in [0.2, 0.25) is 0 Å². The highest BCUT2D eigenvalue weighted by atomic mass is 79.9. The maximum Gasteiger partial charge on any atom is 0.338 e. The van der Waals surface area contributed by atoms with Crippen LogP contribution >= 0.6 is 38.9 Å². The molecule has 0 radical (unpaired) electrons. The Bertz CT molecular complexity index is 1940. The first-order valence-electron chi connectivity index (χ1n) is 12.7. The Morgan fingerprint density at radius 2 is 1.93 bits per heavy atom. The molecule has 0 spiro atoms. The average Bonchev–Trinajstić information content (AvgIpc) is 3.56. The second kappa shape index (κ2) is 12.1. The van der Waals surface area contributed by atoms with Crippen LogP contribution in [0, 0.1) is 0 Å². The number of hydrogen-bond acceptors (Lipinski definition) is 9. The minimum absolute atomic E-state index is 0.171. The van der Waals surface area contributed by atoms with Crippen molar-refractivity contribution < 1.29 is 28.2 Å². The van der Waals surface area contributed by atoms with Gasteiger partial charge in [0.25, 0.3) is 5.56 Å². The largest absolute Gasteiger partial charge is 0.496 e. The summed E-state index contributed by atoms with van der Waals surface area (Å²) in [6.07, 6.45) is 1.60. The molecule has 1 aliphatic heterocycles. The fourth-order valence-electron chi connectivity index (χ4n) is 4.67. The molecule has 0 N–H and O–H groups in total. The first-order chi connectivity index (χ1) is 20.2. The summed E-state index contributed by atoms with van der Waals surface area (Å²) in [5.41, 5.74) is 1.77. The molecule has 0 saturated carbocycles. The number of benzene rings is 2. The molecule has 5 rings (SSSR count). The van der Waals surface area contributed by atoms with Crippen LogP contribution < -0.4 is 19.6 Å². The van der Waals surface area contributed by atoms with Gasteiger partial charge < -0.3 is 18.6 Å². The molecular weight excluding hydrogens is 648 g/mol. The maximum atomic E-state index is 13.9. The van der Waals surface area contributed by atoms with Gasteiger partial charge in [0.1, 0.15) is 17.3 Å². The minimum Gasteiger partial charge on any atom is -0.496 e. The van der Waals surface area contributed by atoms with E-state index in [1.807, 2.05) is 0 Å². The van der Waals surface area contributed by atoms with E-state index >= 15 is 0 Å². The molecule has 12 heteroatoms. The van der Waals surface area contributed by atoms with Crippen LogP contribution in [0.15, 0.2) is 78.5 Å². The van der Waals surface area contributed by atoms with E-state index in [-0.39, 0.29) is 23.3 Å². The molecule has 4 aromatic rings. The summed E-state index contributed by atoms with van der Waals surface area (Å²) >= 11 is 10.9. The molecule has 0 aliphatic carbocycles. The predicted octanol–water partition coefficient (Wildman–Crippen LogP) is 5.27. The van der Waals surface area contributed by atoms with Gasteiger partial charge in [-0.3, -0.25) is 9.36 Å². The fourth-order valence-corrected chi connectivity index (χ4v) is 6.43. The van der Waals surface area contributed by atoms with Crippen molar-refractivity contribution in [2.24, 2.45) is 4.99 Å². The summed E-state index contributed by atoms with van der Waals surface area (Å²) in [6.45, 7) is 3.61. The lowest BCUT2D eigenvalue weighted by Gasteiger charge is -2.25. The van der Waals surface area contributed by atoms with E-state index in [4.69, 9.17) is 30.2 Å². The number of carbonyl (C=O) groups is 2. The standard InChI is InChI=1S/C30H24BrClN2O7S/c1-5-40-29(37)25-15(2)33-30-34(26(25)16-6-10-23(38-3)21(31)12-16)27(35)24(42-30)14-18-8-11-22(41-18)20-13-17(32)7-9-19(20)28(36)39-4/h6-14,26H,5H2,1-4H3/b24-14+/t26-/m0/s1. The number of aromatic nitrogens is 1. The molecule has 0 bridgehead atoms. The summed E-state index contributed by atoms with van der Waals surface area (Å²) in [5.74, 6) is 0.261. The summed E-state index contributed by atoms with van der Waals surface area (Å²) < 4.78 is 24.1. The van der Waals surface area contributed by atoms with Crippen molar-refractivity contribution in [1.29, 1.82) is 0 Å². The van der Waals surface area contributed by atoms with Crippen LogP contribution in [0.2, 0.25) is 5.02 Å². The van der Waals surface area contributed by atoms with Gasteiger partial charge in [0.15, 0.2) is 4.80 Å². The lowest BCUT2D eigenvalue weighted by molar-refractivity contribution is -0.139.